The Kier molecular flexibility index (Phi) is 5.61. The summed E-state index contributed by atoms with van der Waals surface area (Å²) < 4.78 is 37.8. The molecule has 0 aromatic carbocycles. The number of alkyl halides is 3. The largest absolute Gasteiger partial charge is 0.406 e. The van der Waals surface area contributed by atoms with Gasteiger partial charge in [0.2, 0.25) is 0 Å². The molecule has 0 radical (unpaired) electrons. The van der Waals surface area contributed by atoms with Gasteiger partial charge in [0.15, 0.2) is 0 Å². The Balaban J connectivity index is 2.12. The molecule has 1 N–H and O–H groups in total. The molecule has 0 unspecified atom stereocenters. The van der Waals surface area contributed by atoms with Crippen LogP contribution in [0.1, 0.15) is 6.92 Å². The minimum Gasteiger partial charge on any atom is -0.323 e. The normalized spacial score (nSPS) is 19.3. The van der Waals surface area contributed by atoms with E-state index < -0.39 is 24.3 Å². The van der Waals surface area contributed by atoms with Crippen molar-refractivity contribution in [1.29, 1.82) is 0 Å². The number of carbonyl (C=O) groups is 1. The van der Waals surface area contributed by atoms with Crippen LogP contribution < -0.4 is 10.9 Å². The number of carbonyl (C=O) groups excluding carboxylic acids is 1. The second kappa shape index (κ2) is 7.29. The first-order valence-corrected chi connectivity index (χ1v) is 8.31. The van der Waals surface area contributed by atoms with Crippen LogP contribution in [0.25, 0.3) is 0 Å². The zero-order valence-corrected chi connectivity index (χ0v) is 13.4. The van der Waals surface area contributed by atoms with E-state index in [0.29, 0.717) is 23.6 Å². The lowest BCUT2D eigenvalue weighted by Crippen LogP contribution is -2.40. The van der Waals surface area contributed by atoms with E-state index in [1.54, 1.807) is 16.7 Å². The van der Waals surface area contributed by atoms with Crippen LogP contribution in [-0.2, 0) is 6.54 Å². The fourth-order valence-corrected chi connectivity index (χ4v) is 3.33. The lowest BCUT2D eigenvalue weighted by Gasteiger charge is -2.22. The molecule has 2 heterocycles. The molecule has 0 bridgehead atoms. The number of thioether (sulfide) groups is 1. The SMILES string of the molecule is C[C@H]1CSCCN(C(=O)Nc2cccn(CC(F)(F)F)c2=O)C1. The summed E-state index contributed by atoms with van der Waals surface area (Å²) in [6.07, 6.45) is -3.44. The molecule has 1 atom stereocenters. The maximum Gasteiger partial charge on any atom is 0.406 e. The van der Waals surface area contributed by atoms with Crippen LogP contribution in [0.5, 0.6) is 0 Å². The summed E-state index contributed by atoms with van der Waals surface area (Å²) in [5.41, 5.74) is -1.01. The number of urea groups is 1. The van der Waals surface area contributed by atoms with E-state index in [4.69, 9.17) is 0 Å². The van der Waals surface area contributed by atoms with Crippen LogP contribution in [0, 0.1) is 5.92 Å². The van der Waals surface area contributed by atoms with Gasteiger partial charge in [0, 0.05) is 25.0 Å². The smallest absolute Gasteiger partial charge is 0.323 e. The molecule has 2 rings (SSSR count). The lowest BCUT2D eigenvalue weighted by atomic mass is 10.2. The zero-order chi connectivity index (χ0) is 17.0. The average molecular weight is 349 g/mol. The molecule has 5 nitrogen and oxygen atoms in total. The van der Waals surface area contributed by atoms with Crippen molar-refractivity contribution in [3.8, 4) is 0 Å². The minimum atomic E-state index is -4.50. The van der Waals surface area contributed by atoms with Crippen LogP contribution in [0.15, 0.2) is 23.1 Å². The number of anilines is 1. The quantitative estimate of drug-likeness (QED) is 0.893. The van der Waals surface area contributed by atoms with Crippen molar-refractivity contribution < 1.29 is 18.0 Å². The molecule has 1 aromatic rings. The lowest BCUT2D eigenvalue weighted by molar-refractivity contribution is -0.141. The molecule has 1 aromatic heterocycles. The van der Waals surface area contributed by atoms with Crippen molar-refractivity contribution in [3.63, 3.8) is 0 Å². The summed E-state index contributed by atoms with van der Waals surface area (Å²) in [7, 11) is 0. The van der Waals surface area contributed by atoms with Crippen LogP contribution in [0.3, 0.4) is 0 Å². The molecule has 9 heteroatoms. The van der Waals surface area contributed by atoms with Gasteiger partial charge in [-0.3, -0.25) is 4.79 Å². The van der Waals surface area contributed by atoms with Gasteiger partial charge in [-0.2, -0.15) is 24.9 Å². The van der Waals surface area contributed by atoms with Crippen molar-refractivity contribution in [2.75, 3.05) is 29.9 Å². The Labute approximate surface area is 135 Å². The highest BCUT2D eigenvalue weighted by atomic mass is 32.2. The number of nitrogens with one attached hydrogen (secondary N) is 1. The van der Waals surface area contributed by atoms with Crippen molar-refractivity contribution in [1.82, 2.24) is 9.47 Å². The molecule has 0 spiro atoms. The maximum absolute atomic E-state index is 12.4. The highest BCUT2D eigenvalue weighted by Gasteiger charge is 2.29. The molecule has 0 saturated carbocycles. The average Bonchev–Trinajstić information content (AvgIpc) is 2.66. The fourth-order valence-electron chi connectivity index (χ4n) is 2.31. The van der Waals surface area contributed by atoms with Crippen molar-refractivity contribution in [3.05, 3.63) is 28.7 Å². The first kappa shape index (κ1) is 17.7. The third-order valence-electron chi connectivity index (χ3n) is 3.34. The standard InChI is InChI=1S/C14H18F3N3O2S/c1-10-7-19(5-6-23-8-10)13(22)18-11-3-2-4-20(12(11)21)9-14(15,16)17/h2-4,10H,5-9H2,1H3,(H,18,22)/t10-/m1/s1. The Bertz CT molecular complexity index is 618. The summed E-state index contributed by atoms with van der Waals surface area (Å²) in [4.78, 5) is 25.9. The van der Waals surface area contributed by atoms with Crippen LogP contribution in [-0.4, -0.2) is 46.3 Å². The molecular formula is C14H18F3N3O2S. The number of amides is 2. The first-order chi connectivity index (χ1) is 10.8. The van der Waals surface area contributed by atoms with E-state index >= 15 is 0 Å². The van der Waals surface area contributed by atoms with E-state index in [0.717, 1.165) is 17.7 Å². The highest BCUT2D eigenvalue weighted by Crippen LogP contribution is 2.18. The van der Waals surface area contributed by atoms with Gasteiger partial charge < -0.3 is 14.8 Å². The van der Waals surface area contributed by atoms with Crippen molar-refractivity contribution >= 4 is 23.5 Å². The molecule has 1 fully saturated rings. The molecule has 1 aliphatic rings. The van der Waals surface area contributed by atoms with Gasteiger partial charge in [-0.15, -0.1) is 0 Å². The fraction of sp³-hybridized carbons (Fsp3) is 0.571. The van der Waals surface area contributed by atoms with Gasteiger partial charge in [-0.1, -0.05) is 6.92 Å². The third-order valence-corrected chi connectivity index (χ3v) is 4.61. The van der Waals surface area contributed by atoms with Crippen LogP contribution >= 0.6 is 11.8 Å². The summed E-state index contributed by atoms with van der Waals surface area (Å²) in [5.74, 6) is 2.07. The predicted octanol–water partition coefficient (Wildman–Crippen LogP) is 2.63. The topological polar surface area (TPSA) is 54.3 Å². The van der Waals surface area contributed by atoms with Crippen LogP contribution in [0.2, 0.25) is 0 Å². The Morgan fingerprint density at radius 2 is 2.22 bits per heavy atom. The Hall–Kier alpha value is -1.64. The summed E-state index contributed by atoms with van der Waals surface area (Å²) >= 11 is 1.75. The molecular weight excluding hydrogens is 331 g/mol. The molecule has 1 aliphatic heterocycles. The number of hydrogen-bond donors (Lipinski definition) is 1. The van der Waals surface area contributed by atoms with Crippen LogP contribution in [0.4, 0.5) is 23.7 Å². The van der Waals surface area contributed by atoms with Gasteiger partial charge in [0.25, 0.3) is 5.56 Å². The van der Waals surface area contributed by atoms with E-state index in [-0.39, 0.29) is 5.69 Å². The predicted molar refractivity (Wildman–Crippen MR) is 83.8 cm³/mol. The zero-order valence-electron chi connectivity index (χ0n) is 12.6. The Morgan fingerprint density at radius 1 is 1.48 bits per heavy atom. The van der Waals surface area contributed by atoms with E-state index in [9.17, 15) is 22.8 Å². The van der Waals surface area contributed by atoms with Crippen molar-refractivity contribution in [2.45, 2.75) is 19.6 Å². The second-order valence-electron chi connectivity index (χ2n) is 5.53. The molecule has 0 aliphatic carbocycles. The highest BCUT2D eigenvalue weighted by molar-refractivity contribution is 7.99. The monoisotopic (exact) mass is 349 g/mol. The first-order valence-electron chi connectivity index (χ1n) is 7.16. The van der Waals surface area contributed by atoms with E-state index in [1.165, 1.54) is 12.1 Å². The van der Waals surface area contributed by atoms with Gasteiger partial charge >= 0.3 is 12.2 Å². The van der Waals surface area contributed by atoms with E-state index in [2.05, 4.69) is 5.32 Å². The van der Waals surface area contributed by atoms with Gasteiger partial charge in [-0.25, -0.2) is 4.79 Å². The second-order valence-corrected chi connectivity index (χ2v) is 6.68. The number of hydrogen-bond acceptors (Lipinski definition) is 3. The molecule has 128 valence electrons. The number of pyridine rings is 1. The maximum atomic E-state index is 12.4. The number of halogens is 3. The molecule has 23 heavy (non-hydrogen) atoms. The van der Waals surface area contributed by atoms with Gasteiger partial charge in [0.1, 0.15) is 12.2 Å². The summed E-state index contributed by atoms with van der Waals surface area (Å²) in [6.45, 7) is 1.75. The third kappa shape index (κ3) is 5.19. The summed E-state index contributed by atoms with van der Waals surface area (Å²) in [6, 6.07) is 2.16. The van der Waals surface area contributed by atoms with Gasteiger partial charge in [0.05, 0.1) is 0 Å². The number of aromatic nitrogens is 1. The Morgan fingerprint density at radius 3 is 2.91 bits per heavy atom. The van der Waals surface area contributed by atoms with E-state index in [1.807, 2.05) is 6.92 Å². The number of nitrogens with zero attached hydrogens (tertiary/aromatic N) is 2. The molecule has 2 amide bonds. The van der Waals surface area contributed by atoms with Crippen molar-refractivity contribution in [2.24, 2.45) is 5.92 Å². The number of rotatable bonds is 2. The summed E-state index contributed by atoms with van der Waals surface area (Å²) in [5, 5.41) is 2.43. The van der Waals surface area contributed by atoms with Gasteiger partial charge in [-0.05, 0) is 23.8 Å². The molecule has 1 saturated heterocycles. The minimum absolute atomic E-state index is 0.147.